The van der Waals surface area contributed by atoms with Gasteiger partial charge in [0.05, 0.1) is 13.2 Å². The molecule has 1 N–H and O–H groups in total. The smallest absolute Gasteiger partial charge is 0.322 e. The van der Waals surface area contributed by atoms with Crippen molar-refractivity contribution in [3.63, 3.8) is 0 Å². The minimum Gasteiger partial charge on any atom is -0.497 e. The molecule has 2 aromatic rings. The minimum absolute atomic E-state index is 0.0833. The van der Waals surface area contributed by atoms with Crippen LogP contribution in [0.2, 0.25) is 0 Å². The molecular formula is C19H20N2O4. The van der Waals surface area contributed by atoms with Crippen LogP contribution in [-0.4, -0.2) is 31.4 Å². The van der Waals surface area contributed by atoms with Crippen LogP contribution in [-0.2, 0) is 0 Å². The normalized spacial score (nSPS) is 18.3. The number of likely N-dealkylation sites (tertiary alicyclic amines) is 1. The average Bonchev–Trinajstić information content (AvgIpc) is 3.30. The van der Waals surface area contributed by atoms with Crippen LogP contribution in [0.5, 0.6) is 17.2 Å². The summed E-state index contributed by atoms with van der Waals surface area (Å²) in [5, 5.41) is 2.96. The van der Waals surface area contributed by atoms with E-state index >= 15 is 0 Å². The minimum atomic E-state index is -0.0998. The average molecular weight is 340 g/mol. The van der Waals surface area contributed by atoms with Crippen LogP contribution in [0, 0.1) is 0 Å². The van der Waals surface area contributed by atoms with Crippen LogP contribution in [0.1, 0.15) is 24.4 Å². The summed E-state index contributed by atoms with van der Waals surface area (Å²) in [6, 6.07) is 13.3. The zero-order chi connectivity index (χ0) is 17.2. The van der Waals surface area contributed by atoms with Gasteiger partial charge in [-0.1, -0.05) is 12.1 Å². The van der Waals surface area contributed by atoms with Gasteiger partial charge in [0, 0.05) is 18.3 Å². The number of nitrogens with one attached hydrogen (secondary N) is 1. The number of amides is 2. The molecule has 2 aliphatic rings. The molecule has 4 rings (SSSR count). The first-order valence-electron chi connectivity index (χ1n) is 8.36. The number of urea groups is 1. The Morgan fingerprint density at radius 1 is 1.16 bits per heavy atom. The molecule has 2 aliphatic heterocycles. The second-order valence-electron chi connectivity index (χ2n) is 6.12. The van der Waals surface area contributed by atoms with Gasteiger partial charge in [0.15, 0.2) is 11.5 Å². The number of methoxy groups -OCH3 is 1. The molecule has 1 saturated heterocycles. The fourth-order valence-corrected chi connectivity index (χ4v) is 3.35. The molecule has 1 fully saturated rings. The maximum absolute atomic E-state index is 12.7. The number of anilines is 1. The van der Waals surface area contributed by atoms with Gasteiger partial charge >= 0.3 is 6.03 Å². The highest BCUT2D eigenvalue weighted by molar-refractivity contribution is 5.90. The van der Waals surface area contributed by atoms with Gasteiger partial charge in [0.1, 0.15) is 5.75 Å². The number of benzene rings is 2. The van der Waals surface area contributed by atoms with E-state index in [1.54, 1.807) is 13.2 Å². The van der Waals surface area contributed by atoms with E-state index < -0.39 is 0 Å². The largest absolute Gasteiger partial charge is 0.497 e. The van der Waals surface area contributed by atoms with Gasteiger partial charge in [-0.15, -0.1) is 0 Å². The Kier molecular flexibility index (Phi) is 4.09. The van der Waals surface area contributed by atoms with E-state index in [9.17, 15) is 4.79 Å². The number of nitrogens with zero attached hydrogens (tertiary/aromatic N) is 1. The molecule has 1 atom stereocenters. The third-order valence-corrected chi connectivity index (χ3v) is 4.64. The van der Waals surface area contributed by atoms with E-state index in [0.29, 0.717) is 17.2 Å². The number of rotatable bonds is 3. The molecule has 0 aromatic heterocycles. The Labute approximate surface area is 146 Å². The zero-order valence-electron chi connectivity index (χ0n) is 14.0. The summed E-state index contributed by atoms with van der Waals surface area (Å²) in [4.78, 5) is 14.6. The fourth-order valence-electron chi connectivity index (χ4n) is 3.35. The fraction of sp³-hybridized carbons (Fsp3) is 0.316. The molecule has 0 unspecified atom stereocenters. The molecule has 0 saturated carbocycles. The van der Waals surface area contributed by atoms with Crippen LogP contribution in [0.4, 0.5) is 10.5 Å². The number of carbonyl (C=O) groups excluding carboxylic acids is 1. The van der Waals surface area contributed by atoms with Crippen molar-refractivity contribution >= 4 is 11.7 Å². The highest BCUT2D eigenvalue weighted by Gasteiger charge is 2.30. The van der Waals surface area contributed by atoms with Crippen molar-refractivity contribution in [2.45, 2.75) is 18.9 Å². The molecule has 2 amide bonds. The van der Waals surface area contributed by atoms with E-state index in [0.717, 1.165) is 30.7 Å². The van der Waals surface area contributed by atoms with Gasteiger partial charge in [-0.05, 0) is 42.7 Å². The Bertz CT molecular complexity index is 775. The summed E-state index contributed by atoms with van der Waals surface area (Å²) in [6.45, 7) is 0.964. The van der Waals surface area contributed by atoms with Crippen molar-refractivity contribution < 1.29 is 19.0 Å². The molecule has 2 heterocycles. The lowest BCUT2D eigenvalue weighted by molar-refractivity contribution is 0.174. The van der Waals surface area contributed by atoms with E-state index in [4.69, 9.17) is 14.2 Å². The van der Waals surface area contributed by atoms with Crippen molar-refractivity contribution in [2.24, 2.45) is 0 Å². The number of ether oxygens (including phenoxy) is 3. The summed E-state index contributed by atoms with van der Waals surface area (Å²) >= 11 is 0. The first-order valence-corrected chi connectivity index (χ1v) is 8.36. The summed E-state index contributed by atoms with van der Waals surface area (Å²) < 4.78 is 15.9. The molecule has 130 valence electrons. The Hall–Kier alpha value is -2.89. The molecule has 0 bridgehead atoms. The summed E-state index contributed by atoms with van der Waals surface area (Å²) in [5.74, 6) is 2.18. The SMILES string of the molecule is COc1ccc([C@H]2CCCN2C(=O)Nc2ccc3c(c2)OCO3)cc1. The van der Waals surface area contributed by atoms with Crippen molar-refractivity contribution in [1.82, 2.24) is 4.90 Å². The van der Waals surface area contributed by atoms with Crippen LogP contribution >= 0.6 is 0 Å². The summed E-state index contributed by atoms with van der Waals surface area (Å²) in [6.07, 6.45) is 1.95. The number of carbonyl (C=O) groups is 1. The third-order valence-electron chi connectivity index (χ3n) is 4.64. The first kappa shape index (κ1) is 15.6. The summed E-state index contributed by atoms with van der Waals surface area (Å²) in [7, 11) is 1.65. The first-order chi connectivity index (χ1) is 12.2. The van der Waals surface area contributed by atoms with E-state index in [1.807, 2.05) is 41.3 Å². The second kappa shape index (κ2) is 6.55. The predicted molar refractivity (Wildman–Crippen MR) is 93.3 cm³/mol. The lowest BCUT2D eigenvalue weighted by Crippen LogP contribution is -2.34. The van der Waals surface area contributed by atoms with Gasteiger partial charge in [-0.3, -0.25) is 0 Å². The number of hydrogen-bond acceptors (Lipinski definition) is 4. The lowest BCUT2D eigenvalue weighted by atomic mass is 10.0. The van der Waals surface area contributed by atoms with Crippen molar-refractivity contribution in [2.75, 3.05) is 25.8 Å². The summed E-state index contributed by atoms with van der Waals surface area (Å²) in [5.41, 5.74) is 1.83. The third kappa shape index (κ3) is 3.07. The van der Waals surface area contributed by atoms with Crippen molar-refractivity contribution in [1.29, 1.82) is 0 Å². The molecule has 25 heavy (non-hydrogen) atoms. The van der Waals surface area contributed by atoms with E-state index in [-0.39, 0.29) is 18.9 Å². The van der Waals surface area contributed by atoms with Crippen molar-refractivity contribution in [3.8, 4) is 17.2 Å². The van der Waals surface area contributed by atoms with Gasteiger partial charge in [0.2, 0.25) is 6.79 Å². The van der Waals surface area contributed by atoms with Crippen LogP contribution < -0.4 is 19.5 Å². The highest BCUT2D eigenvalue weighted by atomic mass is 16.7. The van der Waals surface area contributed by atoms with Crippen molar-refractivity contribution in [3.05, 3.63) is 48.0 Å². The number of hydrogen-bond donors (Lipinski definition) is 1. The quantitative estimate of drug-likeness (QED) is 0.923. The Morgan fingerprint density at radius 3 is 2.76 bits per heavy atom. The second-order valence-corrected chi connectivity index (χ2v) is 6.12. The van der Waals surface area contributed by atoms with Gasteiger partial charge in [0.25, 0.3) is 0 Å². The van der Waals surface area contributed by atoms with Crippen LogP contribution in [0.25, 0.3) is 0 Å². The van der Waals surface area contributed by atoms with E-state index in [1.165, 1.54) is 0 Å². The molecule has 0 radical (unpaired) electrons. The molecular weight excluding hydrogens is 320 g/mol. The zero-order valence-corrected chi connectivity index (χ0v) is 14.0. The van der Waals surface area contributed by atoms with Crippen LogP contribution in [0.3, 0.4) is 0 Å². The van der Waals surface area contributed by atoms with Gasteiger partial charge in [-0.2, -0.15) is 0 Å². The standard InChI is InChI=1S/C19H20N2O4/c1-23-15-7-4-13(5-8-15)16-3-2-10-21(16)19(22)20-14-6-9-17-18(11-14)25-12-24-17/h4-9,11,16H,2-3,10,12H2,1H3,(H,20,22)/t16-/m1/s1. The highest BCUT2D eigenvalue weighted by Crippen LogP contribution is 2.36. The maximum atomic E-state index is 12.7. The Balaban J connectivity index is 1.48. The molecule has 0 spiro atoms. The van der Waals surface area contributed by atoms with Crippen LogP contribution in [0.15, 0.2) is 42.5 Å². The van der Waals surface area contributed by atoms with E-state index in [2.05, 4.69) is 5.32 Å². The molecule has 2 aromatic carbocycles. The van der Waals surface area contributed by atoms with Gasteiger partial charge in [-0.25, -0.2) is 4.79 Å². The predicted octanol–water partition coefficient (Wildman–Crippen LogP) is 3.79. The monoisotopic (exact) mass is 340 g/mol. The molecule has 6 nitrogen and oxygen atoms in total. The maximum Gasteiger partial charge on any atom is 0.322 e. The van der Waals surface area contributed by atoms with Gasteiger partial charge < -0.3 is 24.4 Å². The number of fused-ring (bicyclic) bond motifs is 1. The lowest BCUT2D eigenvalue weighted by Gasteiger charge is -2.25. The topological polar surface area (TPSA) is 60.0 Å². The molecule has 0 aliphatic carbocycles. The Morgan fingerprint density at radius 2 is 1.96 bits per heavy atom. The molecule has 6 heteroatoms.